The normalized spacial score (nSPS) is 20.9. The van der Waals surface area contributed by atoms with Crippen LogP contribution in [0.4, 0.5) is 22.0 Å². The smallest absolute Gasteiger partial charge is 0.311 e. The summed E-state index contributed by atoms with van der Waals surface area (Å²) in [6.07, 6.45) is -4.45. The summed E-state index contributed by atoms with van der Waals surface area (Å²) in [4.78, 5) is 46.1. The molecule has 4 atom stereocenters. The first-order valence-electron chi connectivity index (χ1n) is 11.3. The molecule has 1 saturated heterocycles. The van der Waals surface area contributed by atoms with Crippen LogP contribution in [-0.4, -0.2) is 61.7 Å². The van der Waals surface area contributed by atoms with Crippen LogP contribution in [-0.2, 0) is 42.9 Å². The summed E-state index contributed by atoms with van der Waals surface area (Å²) >= 11 is 0. The second kappa shape index (κ2) is 14.0. The predicted octanol–water partition coefficient (Wildman–Crippen LogP) is 3.02. The van der Waals surface area contributed by atoms with E-state index < -0.39 is 89.7 Å². The van der Waals surface area contributed by atoms with Gasteiger partial charge in [-0.3, -0.25) is 19.2 Å². The molecule has 0 aromatic heterocycles. The van der Waals surface area contributed by atoms with Gasteiger partial charge in [0, 0.05) is 40.2 Å². The Morgan fingerprint density at radius 1 is 0.816 bits per heavy atom. The Labute approximate surface area is 213 Å². The minimum absolute atomic E-state index is 0.0290. The highest BCUT2D eigenvalue weighted by molar-refractivity contribution is 5.72. The third-order valence-electron chi connectivity index (χ3n) is 5.02. The van der Waals surface area contributed by atoms with Gasteiger partial charge in [0.05, 0.1) is 0 Å². The van der Waals surface area contributed by atoms with Crippen LogP contribution in [0.1, 0.15) is 46.5 Å². The van der Waals surface area contributed by atoms with E-state index in [1.807, 2.05) is 0 Å². The largest absolute Gasteiger partial charge is 0.463 e. The van der Waals surface area contributed by atoms with Crippen LogP contribution in [0, 0.1) is 29.1 Å². The molecule has 0 N–H and O–H groups in total. The van der Waals surface area contributed by atoms with Gasteiger partial charge in [0.2, 0.25) is 34.8 Å². The second-order valence-electron chi connectivity index (χ2n) is 8.07. The average Bonchev–Trinajstić information content (AvgIpc) is 2.83. The molecule has 0 saturated carbocycles. The van der Waals surface area contributed by atoms with Crippen molar-refractivity contribution in [3.05, 3.63) is 29.1 Å². The molecule has 0 spiro atoms. The molecule has 10 nitrogen and oxygen atoms in total. The maximum Gasteiger partial charge on any atom is 0.311 e. The zero-order chi connectivity index (χ0) is 28.6. The second-order valence-corrected chi connectivity index (χ2v) is 8.07. The number of esters is 4. The molecule has 212 valence electrons. The summed E-state index contributed by atoms with van der Waals surface area (Å²) in [6, 6.07) is 0. The highest BCUT2D eigenvalue weighted by Gasteiger charge is 2.44. The lowest BCUT2D eigenvalue weighted by atomic mass is 10.0. The van der Waals surface area contributed by atoms with Crippen LogP contribution in [0.5, 0.6) is 5.75 Å². The van der Waals surface area contributed by atoms with E-state index in [9.17, 15) is 41.1 Å². The number of hydrogen-bond acceptors (Lipinski definition) is 10. The molecule has 1 aromatic carbocycles. The minimum Gasteiger partial charge on any atom is -0.463 e. The fourth-order valence-corrected chi connectivity index (χ4v) is 3.43. The number of carbonyl (C=O) groups is 4. The number of halogens is 5. The van der Waals surface area contributed by atoms with Gasteiger partial charge in [0.25, 0.3) is 0 Å². The fraction of sp³-hybridized carbons (Fsp3) is 0.565. The Morgan fingerprint density at radius 3 is 1.95 bits per heavy atom. The lowest BCUT2D eigenvalue weighted by Gasteiger charge is -2.39. The van der Waals surface area contributed by atoms with Crippen molar-refractivity contribution < 1.29 is 69.6 Å². The predicted molar refractivity (Wildman–Crippen MR) is 113 cm³/mol. The third kappa shape index (κ3) is 8.62. The summed E-state index contributed by atoms with van der Waals surface area (Å²) in [5, 5.41) is 0. The summed E-state index contributed by atoms with van der Waals surface area (Å²) in [7, 11) is 0. The van der Waals surface area contributed by atoms with Gasteiger partial charge in [-0.25, -0.2) is 13.2 Å². The zero-order valence-electron chi connectivity index (χ0n) is 20.5. The maximum absolute atomic E-state index is 13.6. The maximum atomic E-state index is 13.6. The van der Waals surface area contributed by atoms with Crippen LogP contribution in [0.25, 0.3) is 0 Å². The van der Waals surface area contributed by atoms with Gasteiger partial charge in [-0.05, 0) is 12.8 Å². The van der Waals surface area contributed by atoms with Crippen molar-refractivity contribution in [2.45, 2.75) is 71.1 Å². The van der Waals surface area contributed by atoms with E-state index in [0.717, 1.165) is 20.8 Å². The Morgan fingerprint density at radius 2 is 1.39 bits per heavy atom. The molecular formula is C23H25F5O10. The van der Waals surface area contributed by atoms with Gasteiger partial charge in [-0.1, -0.05) is 0 Å². The Kier molecular flexibility index (Phi) is 11.4. The van der Waals surface area contributed by atoms with Crippen molar-refractivity contribution in [3.8, 4) is 5.75 Å². The number of rotatable bonds is 11. The summed E-state index contributed by atoms with van der Waals surface area (Å²) in [5.41, 5.74) is 0. The van der Waals surface area contributed by atoms with E-state index in [0.29, 0.717) is 0 Å². The molecule has 15 heteroatoms. The van der Waals surface area contributed by atoms with E-state index >= 15 is 0 Å². The lowest BCUT2D eigenvalue weighted by Crippen LogP contribution is -2.54. The molecule has 0 amide bonds. The quantitative estimate of drug-likeness (QED) is 0.0764. The molecule has 1 fully saturated rings. The molecule has 0 unspecified atom stereocenters. The summed E-state index contributed by atoms with van der Waals surface area (Å²) < 4.78 is 97.7. The minimum atomic E-state index is -2.38. The van der Waals surface area contributed by atoms with E-state index in [2.05, 4.69) is 4.74 Å². The molecule has 1 aliphatic rings. The van der Waals surface area contributed by atoms with Crippen LogP contribution >= 0.6 is 0 Å². The van der Waals surface area contributed by atoms with E-state index in [4.69, 9.17) is 23.7 Å². The van der Waals surface area contributed by atoms with Crippen LogP contribution < -0.4 is 4.74 Å². The Balaban J connectivity index is 1.91. The van der Waals surface area contributed by atoms with Gasteiger partial charge in [-0.15, -0.1) is 0 Å². The highest BCUT2D eigenvalue weighted by atomic mass is 19.2. The standard InChI is InChI=1S/C23H25F5O10/c1-10(29)34-9-14-22(36-12(3)31)13(35-11(2)30)8-16(37-14)33-7-5-4-6-15(32)38-23-20(27)18(25)17(24)19(26)21(23)28/h13-14,16,22H,4-9H2,1-3H3/t13-,14-,16-,22-/m1/s1. The van der Waals surface area contributed by atoms with Crippen molar-refractivity contribution in [3.63, 3.8) is 0 Å². The molecule has 1 aliphatic heterocycles. The number of unbranched alkanes of at least 4 members (excludes halogenated alkanes) is 1. The lowest BCUT2D eigenvalue weighted by molar-refractivity contribution is -0.266. The van der Waals surface area contributed by atoms with Crippen LogP contribution in [0.15, 0.2) is 0 Å². The monoisotopic (exact) mass is 556 g/mol. The summed E-state index contributed by atoms with van der Waals surface area (Å²) in [6.45, 7) is 3.04. The highest BCUT2D eigenvalue weighted by Crippen LogP contribution is 2.30. The molecule has 38 heavy (non-hydrogen) atoms. The van der Waals surface area contributed by atoms with Crippen molar-refractivity contribution in [1.82, 2.24) is 0 Å². The van der Waals surface area contributed by atoms with Crippen molar-refractivity contribution in [1.29, 1.82) is 0 Å². The van der Waals surface area contributed by atoms with E-state index in [-0.39, 0.29) is 32.5 Å². The third-order valence-corrected chi connectivity index (χ3v) is 5.02. The molecule has 1 heterocycles. The first-order chi connectivity index (χ1) is 17.8. The van der Waals surface area contributed by atoms with Crippen molar-refractivity contribution in [2.24, 2.45) is 0 Å². The number of ether oxygens (including phenoxy) is 6. The number of hydrogen-bond donors (Lipinski definition) is 0. The topological polar surface area (TPSA) is 124 Å². The zero-order valence-corrected chi connectivity index (χ0v) is 20.5. The molecule has 0 bridgehead atoms. The fourth-order valence-electron chi connectivity index (χ4n) is 3.43. The van der Waals surface area contributed by atoms with Gasteiger partial charge in [0.1, 0.15) is 18.8 Å². The van der Waals surface area contributed by atoms with Gasteiger partial charge in [-0.2, -0.15) is 8.78 Å². The Hall–Kier alpha value is -3.33. The number of carbonyl (C=O) groups excluding carboxylic acids is 4. The molecule has 0 radical (unpaired) electrons. The SMILES string of the molecule is CC(=O)OC[C@H]1O[C@@H](OCCCCC(=O)Oc2c(F)c(F)c(F)c(F)c2F)C[C@@H](OC(C)=O)[C@H]1OC(C)=O. The first kappa shape index (κ1) is 30.9. The molecule has 0 aliphatic carbocycles. The number of benzene rings is 1. The summed E-state index contributed by atoms with van der Waals surface area (Å²) in [5.74, 6) is -16.4. The Bertz CT molecular complexity index is 1020. The van der Waals surface area contributed by atoms with Crippen molar-refractivity contribution >= 4 is 23.9 Å². The van der Waals surface area contributed by atoms with Crippen molar-refractivity contribution in [2.75, 3.05) is 13.2 Å². The van der Waals surface area contributed by atoms with E-state index in [1.165, 1.54) is 0 Å². The van der Waals surface area contributed by atoms with Gasteiger partial charge in [0.15, 0.2) is 12.4 Å². The van der Waals surface area contributed by atoms with E-state index in [1.54, 1.807) is 0 Å². The first-order valence-corrected chi connectivity index (χ1v) is 11.3. The molecular weight excluding hydrogens is 531 g/mol. The molecule has 1 aromatic rings. The van der Waals surface area contributed by atoms with Gasteiger partial charge < -0.3 is 28.4 Å². The average molecular weight is 556 g/mol. The molecule has 2 rings (SSSR count). The van der Waals surface area contributed by atoms with Crippen LogP contribution in [0.3, 0.4) is 0 Å². The van der Waals surface area contributed by atoms with Crippen LogP contribution in [0.2, 0.25) is 0 Å². The van der Waals surface area contributed by atoms with Gasteiger partial charge >= 0.3 is 23.9 Å².